The highest BCUT2D eigenvalue weighted by molar-refractivity contribution is 7.89. The summed E-state index contributed by atoms with van der Waals surface area (Å²) in [5, 5.41) is 0. The first-order chi connectivity index (χ1) is 10.3. The second-order valence-electron chi connectivity index (χ2n) is 5.40. The minimum atomic E-state index is -3.57. The van der Waals surface area contributed by atoms with E-state index in [-0.39, 0.29) is 10.9 Å². The Hall–Kier alpha value is -1.85. The van der Waals surface area contributed by atoms with Gasteiger partial charge in [-0.15, -0.1) is 0 Å². The molecular formula is C17H21NO3S. The molecule has 22 heavy (non-hydrogen) atoms. The Morgan fingerprint density at radius 1 is 1.00 bits per heavy atom. The zero-order valence-electron chi connectivity index (χ0n) is 13.3. The average Bonchev–Trinajstić information content (AvgIpc) is 2.47. The molecule has 2 aromatic rings. The molecule has 0 aromatic heterocycles. The van der Waals surface area contributed by atoms with Crippen LogP contribution in [-0.4, -0.2) is 15.5 Å². The third-order valence-electron chi connectivity index (χ3n) is 3.51. The van der Waals surface area contributed by atoms with E-state index in [1.54, 1.807) is 31.4 Å². The van der Waals surface area contributed by atoms with Gasteiger partial charge >= 0.3 is 0 Å². The molecule has 5 heteroatoms. The lowest BCUT2D eigenvalue weighted by Gasteiger charge is -2.18. The molecule has 1 unspecified atom stereocenters. The lowest BCUT2D eigenvalue weighted by atomic mass is 10.1. The van der Waals surface area contributed by atoms with E-state index in [0.29, 0.717) is 5.75 Å². The summed E-state index contributed by atoms with van der Waals surface area (Å²) in [6.07, 6.45) is 0. The van der Waals surface area contributed by atoms with Crippen molar-refractivity contribution in [2.45, 2.75) is 31.7 Å². The zero-order chi connectivity index (χ0) is 16.3. The van der Waals surface area contributed by atoms with Crippen molar-refractivity contribution in [3.05, 3.63) is 59.2 Å². The van der Waals surface area contributed by atoms with Crippen molar-refractivity contribution in [2.75, 3.05) is 7.11 Å². The second-order valence-corrected chi connectivity index (χ2v) is 7.12. The molecule has 2 rings (SSSR count). The molecule has 0 saturated heterocycles. The highest BCUT2D eigenvalue weighted by Crippen LogP contribution is 2.27. The van der Waals surface area contributed by atoms with Crippen molar-refractivity contribution in [1.29, 1.82) is 0 Å². The molecule has 0 fully saturated rings. The minimum Gasteiger partial charge on any atom is -0.496 e. The van der Waals surface area contributed by atoms with Gasteiger partial charge in [-0.3, -0.25) is 0 Å². The van der Waals surface area contributed by atoms with E-state index in [1.807, 2.05) is 39.0 Å². The Labute approximate surface area is 132 Å². The topological polar surface area (TPSA) is 55.4 Å². The number of ether oxygens (including phenoxy) is 1. The number of rotatable bonds is 5. The molecule has 2 aromatic carbocycles. The zero-order valence-corrected chi connectivity index (χ0v) is 14.1. The van der Waals surface area contributed by atoms with E-state index < -0.39 is 10.0 Å². The van der Waals surface area contributed by atoms with Gasteiger partial charge in [0.25, 0.3) is 0 Å². The van der Waals surface area contributed by atoms with Crippen molar-refractivity contribution < 1.29 is 13.2 Å². The van der Waals surface area contributed by atoms with E-state index in [9.17, 15) is 8.42 Å². The fourth-order valence-corrected chi connectivity index (χ4v) is 3.50. The molecule has 0 heterocycles. The molecule has 0 saturated carbocycles. The third kappa shape index (κ3) is 3.67. The maximum absolute atomic E-state index is 12.5. The first kappa shape index (κ1) is 16.5. The van der Waals surface area contributed by atoms with Gasteiger partial charge in [0.1, 0.15) is 5.75 Å². The van der Waals surface area contributed by atoms with Gasteiger partial charge in [-0.2, -0.15) is 0 Å². The number of sulfonamides is 1. The Morgan fingerprint density at radius 3 is 2.18 bits per heavy atom. The maximum Gasteiger partial charge on any atom is 0.241 e. The molecule has 0 spiro atoms. The van der Waals surface area contributed by atoms with Crippen molar-refractivity contribution in [3.8, 4) is 5.75 Å². The normalized spacial score (nSPS) is 12.9. The van der Waals surface area contributed by atoms with Crippen LogP contribution >= 0.6 is 0 Å². The van der Waals surface area contributed by atoms with Gasteiger partial charge in [0.05, 0.1) is 12.0 Å². The van der Waals surface area contributed by atoms with Crippen molar-refractivity contribution >= 4 is 10.0 Å². The summed E-state index contributed by atoms with van der Waals surface area (Å²) in [6.45, 7) is 5.69. The van der Waals surface area contributed by atoms with Gasteiger partial charge in [-0.25, -0.2) is 13.1 Å². The first-order valence-corrected chi connectivity index (χ1v) is 8.55. The highest BCUT2D eigenvalue weighted by atomic mass is 32.2. The summed E-state index contributed by atoms with van der Waals surface area (Å²) in [7, 11) is -1.99. The molecular weight excluding hydrogens is 298 g/mol. The summed E-state index contributed by atoms with van der Waals surface area (Å²) < 4.78 is 32.9. The van der Waals surface area contributed by atoms with E-state index in [2.05, 4.69) is 4.72 Å². The molecule has 0 radical (unpaired) electrons. The molecule has 0 aliphatic carbocycles. The van der Waals surface area contributed by atoms with E-state index in [0.717, 1.165) is 16.7 Å². The summed E-state index contributed by atoms with van der Waals surface area (Å²) in [4.78, 5) is 0.261. The van der Waals surface area contributed by atoms with E-state index in [4.69, 9.17) is 4.74 Å². The molecule has 1 atom stereocenters. The van der Waals surface area contributed by atoms with Crippen LogP contribution in [-0.2, 0) is 10.0 Å². The van der Waals surface area contributed by atoms with Crippen LogP contribution in [0.4, 0.5) is 0 Å². The number of aryl methyl sites for hydroxylation is 2. The lowest BCUT2D eigenvalue weighted by molar-refractivity contribution is 0.405. The standard InChI is InChI=1S/C17H21NO3S/c1-12-5-8-15(9-6-12)22(19,20)18-14(3)16-11-13(2)7-10-17(16)21-4/h5-11,14,18H,1-4H3. The second kappa shape index (κ2) is 6.50. The molecule has 4 nitrogen and oxygen atoms in total. The van der Waals surface area contributed by atoms with Gasteiger partial charge < -0.3 is 4.74 Å². The average molecular weight is 319 g/mol. The molecule has 0 aliphatic heterocycles. The van der Waals surface area contributed by atoms with Crippen molar-refractivity contribution in [2.24, 2.45) is 0 Å². The van der Waals surface area contributed by atoms with Crippen LogP contribution in [0.5, 0.6) is 5.75 Å². The summed E-state index contributed by atoms with van der Waals surface area (Å²) >= 11 is 0. The minimum absolute atomic E-state index is 0.261. The SMILES string of the molecule is COc1ccc(C)cc1C(C)NS(=O)(=O)c1ccc(C)cc1. The van der Waals surface area contributed by atoms with E-state index >= 15 is 0 Å². The summed E-state index contributed by atoms with van der Waals surface area (Å²) in [5.74, 6) is 0.671. The number of benzene rings is 2. The Balaban J connectivity index is 2.29. The van der Waals surface area contributed by atoms with Crippen LogP contribution in [0.3, 0.4) is 0 Å². The monoisotopic (exact) mass is 319 g/mol. The van der Waals surface area contributed by atoms with Crippen molar-refractivity contribution in [1.82, 2.24) is 4.72 Å². The first-order valence-electron chi connectivity index (χ1n) is 7.07. The fraction of sp³-hybridized carbons (Fsp3) is 0.294. The van der Waals surface area contributed by atoms with Gasteiger partial charge in [0.15, 0.2) is 0 Å². The fourth-order valence-electron chi connectivity index (χ4n) is 2.27. The molecule has 1 N–H and O–H groups in total. The largest absolute Gasteiger partial charge is 0.496 e. The highest BCUT2D eigenvalue weighted by Gasteiger charge is 2.20. The van der Waals surface area contributed by atoms with Crippen LogP contribution in [0.15, 0.2) is 47.4 Å². The van der Waals surface area contributed by atoms with Crippen LogP contribution < -0.4 is 9.46 Å². The van der Waals surface area contributed by atoms with Crippen LogP contribution in [0, 0.1) is 13.8 Å². The molecule has 0 amide bonds. The predicted molar refractivity (Wildman–Crippen MR) is 87.6 cm³/mol. The lowest BCUT2D eigenvalue weighted by Crippen LogP contribution is -2.27. The number of nitrogens with one attached hydrogen (secondary N) is 1. The van der Waals surface area contributed by atoms with Gasteiger partial charge in [-0.05, 0) is 39.0 Å². The summed E-state index contributed by atoms with van der Waals surface area (Å²) in [5.41, 5.74) is 2.89. The number of methoxy groups -OCH3 is 1. The summed E-state index contributed by atoms with van der Waals surface area (Å²) in [6, 6.07) is 12.1. The Morgan fingerprint density at radius 2 is 1.59 bits per heavy atom. The van der Waals surface area contributed by atoms with Crippen LogP contribution in [0.25, 0.3) is 0 Å². The Kier molecular flexibility index (Phi) is 4.88. The van der Waals surface area contributed by atoms with Crippen LogP contribution in [0.2, 0.25) is 0 Å². The van der Waals surface area contributed by atoms with Crippen molar-refractivity contribution in [3.63, 3.8) is 0 Å². The molecule has 0 aliphatic rings. The number of hydrogen-bond donors (Lipinski definition) is 1. The number of hydrogen-bond acceptors (Lipinski definition) is 3. The van der Waals surface area contributed by atoms with Gasteiger partial charge in [-0.1, -0.05) is 35.4 Å². The molecule has 118 valence electrons. The van der Waals surface area contributed by atoms with Gasteiger partial charge in [0.2, 0.25) is 10.0 Å². The van der Waals surface area contributed by atoms with Crippen LogP contribution in [0.1, 0.15) is 29.7 Å². The van der Waals surface area contributed by atoms with Gasteiger partial charge in [0, 0.05) is 11.6 Å². The Bertz CT molecular complexity index is 752. The predicted octanol–water partition coefficient (Wildman–Crippen LogP) is 3.35. The smallest absolute Gasteiger partial charge is 0.241 e. The third-order valence-corrected chi connectivity index (χ3v) is 5.07. The molecule has 0 bridgehead atoms. The van der Waals surface area contributed by atoms with E-state index in [1.165, 1.54) is 0 Å². The maximum atomic E-state index is 12.5. The quantitative estimate of drug-likeness (QED) is 0.919.